The van der Waals surface area contributed by atoms with Gasteiger partial charge in [-0.25, -0.2) is 0 Å². The Bertz CT molecular complexity index is 200. The van der Waals surface area contributed by atoms with Gasteiger partial charge < -0.3 is 14.2 Å². The number of unbranched alkanes of at least 4 members (excludes halogenated alkanes) is 2. The smallest absolute Gasteiger partial charge is 0.305 e. The zero-order chi connectivity index (χ0) is 12.3. The zero-order valence-electron chi connectivity index (χ0n) is 10.8. The standard InChI is InChI=1S/C13H24O4/c1-2-3-4-7-12(14)15-10-11-17-13-8-5-6-9-16-13/h13H,2-11H2,1H3. The van der Waals surface area contributed by atoms with Gasteiger partial charge in [0.15, 0.2) is 6.29 Å². The highest BCUT2D eigenvalue weighted by Crippen LogP contribution is 2.13. The molecule has 1 rings (SSSR count). The van der Waals surface area contributed by atoms with Gasteiger partial charge in [-0.15, -0.1) is 0 Å². The molecule has 1 aliphatic rings. The summed E-state index contributed by atoms with van der Waals surface area (Å²) in [7, 11) is 0. The molecule has 0 radical (unpaired) electrons. The third kappa shape index (κ3) is 7.34. The minimum atomic E-state index is -0.119. The second-order valence-electron chi connectivity index (χ2n) is 4.34. The fourth-order valence-electron chi connectivity index (χ4n) is 1.77. The molecule has 0 saturated carbocycles. The predicted molar refractivity (Wildman–Crippen MR) is 64.6 cm³/mol. The normalized spacial score (nSPS) is 20.2. The molecule has 0 aromatic carbocycles. The van der Waals surface area contributed by atoms with Crippen molar-refractivity contribution in [1.29, 1.82) is 0 Å². The molecular formula is C13H24O4. The molecular weight excluding hydrogens is 220 g/mol. The molecule has 1 saturated heterocycles. The first kappa shape index (κ1) is 14.5. The maximum atomic E-state index is 11.3. The first-order valence-electron chi connectivity index (χ1n) is 6.71. The second kappa shape index (κ2) is 9.42. The average Bonchev–Trinajstić information content (AvgIpc) is 2.36. The summed E-state index contributed by atoms with van der Waals surface area (Å²) in [6.07, 6.45) is 6.77. The largest absolute Gasteiger partial charge is 0.463 e. The number of ether oxygens (including phenoxy) is 3. The van der Waals surface area contributed by atoms with Crippen LogP contribution in [0.1, 0.15) is 51.9 Å². The van der Waals surface area contributed by atoms with Crippen molar-refractivity contribution < 1.29 is 19.0 Å². The van der Waals surface area contributed by atoms with E-state index in [9.17, 15) is 4.79 Å². The Balaban J connectivity index is 1.90. The number of hydrogen-bond acceptors (Lipinski definition) is 4. The van der Waals surface area contributed by atoms with E-state index in [0.717, 1.165) is 45.1 Å². The van der Waals surface area contributed by atoms with Crippen LogP contribution in [0.2, 0.25) is 0 Å². The SMILES string of the molecule is CCCCCC(=O)OCCOC1CCCCO1. The average molecular weight is 244 g/mol. The Morgan fingerprint density at radius 2 is 2.18 bits per heavy atom. The number of carbonyl (C=O) groups is 1. The maximum absolute atomic E-state index is 11.3. The van der Waals surface area contributed by atoms with E-state index in [-0.39, 0.29) is 12.3 Å². The molecule has 0 aromatic heterocycles. The summed E-state index contributed by atoms with van der Waals surface area (Å²) in [5.74, 6) is -0.119. The lowest BCUT2D eigenvalue weighted by Gasteiger charge is -2.22. The quantitative estimate of drug-likeness (QED) is 0.486. The van der Waals surface area contributed by atoms with Crippen LogP contribution in [0.3, 0.4) is 0 Å². The molecule has 1 aliphatic heterocycles. The molecule has 0 aliphatic carbocycles. The van der Waals surface area contributed by atoms with Crippen LogP contribution in [0.25, 0.3) is 0 Å². The molecule has 17 heavy (non-hydrogen) atoms. The lowest BCUT2D eigenvalue weighted by Crippen LogP contribution is -2.24. The summed E-state index contributed by atoms with van der Waals surface area (Å²) < 4.78 is 15.9. The van der Waals surface area contributed by atoms with Gasteiger partial charge in [0.1, 0.15) is 6.61 Å². The molecule has 0 bridgehead atoms. The van der Waals surface area contributed by atoms with Gasteiger partial charge in [-0.05, 0) is 25.7 Å². The van der Waals surface area contributed by atoms with Crippen LogP contribution in [0.15, 0.2) is 0 Å². The van der Waals surface area contributed by atoms with Crippen LogP contribution in [0.5, 0.6) is 0 Å². The molecule has 1 fully saturated rings. The summed E-state index contributed by atoms with van der Waals surface area (Å²) in [6, 6.07) is 0. The van der Waals surface area contributed by atoms with Crippen molar-refractivity contribution in [1.82, 2.24) is 0 Å². The van der Waals surface area contributed by atoms with Crippen LogP contribution in [-0.2, 0) is 19.0 Å². The third-order valence-corrected chi connectivity index (χ3v) is 2.77. The van der Waals surface area contributed by atoms with E-state index < -0.39 is 0 Å². The lowest BCUT2D eigenvalue weighted by molar-refractivity contribution is -0.173. The Morgan fingerprint density at radius 1 is 1.29 bits per heavy atom. The molecule has 1 atom stereocenters. The monoisotopic (exact) mass is 244 g/mol. The van der Waals surface area contributed by atoms with Crippen molar-refractivity contribution in [2.75, 3.05) is 19.8 Å². The number of esters is 1. The molecule has 4 nitrogen and oxygen atoms in total. The van der Waals surface area contributed by atoms with Crippen molar-refractivity contribution in [3.8, 4) is 0 Å². The number of rotatable bonds is 8. The van der Waals surface area contributed by atoms with Crippen molar-refractivity contribution in [2.45, 2.75) is 58.2 Å². The van der Waals surface area contributed by atoms with E-state index in [1.807, 2.05) is 0 Å². The van der Waals surface area contributed by atoms with Gasteiger partial charge in [-0.3, -0.25) is 4.79 Å². The Hall–Kier alpha value is -0.610. The number of carbonyl (C=O) groups excluding carboxylic acids is 1. The first-order chi connectivity index (χ1) is 8.33. The molecule has 1 heterocycles. The minimum absolute atomic E-state index is 0.0949. The fraction of sp³-hybridized carbons (Fsp3) is 0.923. The van der Waals surface area contributed by atoms with Crippen molar-refractivity contribution in [3.63, 3.8) is 0 Å². The van der Waals surface area contributed by atoms with Gasteiger partial charge in [0.05, 0.1) is 6.61 Å². The maximum Gasteiger partial charge on any atom is 0.305 e. The van der Waals surface area contributed by atoms with Gasteiger partial charge in [-0.2, -0.15) is 0 Å². The van der Waals surface area contributed by atoms with Crippen molar-refractivity contribution >= 4 is 5.97 Å². The summed E-state index contributed by atoms with van der Waals surface area (Å²) in [6.45, 7) is 3.67. The van der Waals surface area contributed by atoms with Gasteiger partial charge in [0.2, 0.25) is 0 Å². The molecule has 0 spiro atoms. The summed E-state index contributed by atoms with van der Waals surface area (Å²) >= 11 is 0. The lowest BCUT2D eigenvalue weighted by atomic mass is 10.2. The zero-order valence-corrected chi connectivity index (χ0v) is 10.8. The predicted octanol–water partition coefficient (Wildman–Crippen LogP) is 2.65. The molecule has 0 aromatic rings. The highest BCUT2D eigenvalue weighted by atomic mass is 16.7. The van der Waals surface area contributed by atoms with E-state index in [2.05, 4.69) is 6.92 Å². The van der Waals surface area contributed by atoms with E-state index in [4.69, 9.17) is 14.2 Å². The van der Waals surface area contributed by atoms with E-state index in [1.165, 1.54) is 0 Å². The summed E-state index contributed by atoms with van der Waals surface area (Å²) in [4.78, 5) is 11.3. The molecule has 4 heteroatoms. The van der Waals surface area contributed by atoms with Crippen LogP contribution in [-0.4, -0.2) is 32.1 Å². The van der Waals surface area contributed by atoms with Crippen molar-refractivity contribution in [2.24, 2.45) is 0 Å². The van der Waals surface area contributed by atoms with Gasteiger partial charge in [-0.1, -0.05) is 19.8 Å². The van der Waals surface area contributed by atoms with E-state index >= 15 is 0 Å². The molecule has 0 amide bonds. The highest BCUT2D eigenvalue weighted by Gasteiger charge is 2.13. The number of hydrogen-bond donors (Lipinski definition) is 0. The van der Waals surface area contributed by atoms with E-state index in [0.29, 0.717) is 19.6 Å². The van der Waals surface area contributed by atoms with E-state index in [1.54, 1.807) is 0 Å². The Kier molecular flexibility index (Phi) is 8.01. The van der Waals surface area contributed by atoms with Crippen LogP contribution in [0.4, 0.5) is 0 Å². The molecule has 100 valence electrons. The van der Waals surface area contributed by atoms with Gasteiger partial charge in [0.25, 0.3) is 0 Å². The van der Waals surface area contributed by atoms with Crippen molar-refractivity contribution in [3.05, 3.63) is 0 Å². The summed E-state index contributed by atoms with van der Waals surface area (Å²) in [5.41, 5.74) is 0. The molecule has 1 unspecified atom stereocenters. The third-order valence-electron chi connectivity index (χ3n) is 2.77. The Labute approximate surface area is 104 Å². The Morgan fingerprint density at radius 3 is 2.88 bits per heavy atom. The van der Waals surface area contributed by atoms with Crippen LogP contribution >= 0.6 is 0 Å². The minimum Gasteiger partial charge on any atom is -0.463 e. The van der Waals surface area contributed by atoms with Gasteiger partial charge in [0, 0.05) is 13.0 Å². The van der Waals surface area contributed by atoms with Gasteiger partial charge >= 0.3 is 5.97 Å². The van der Waals surface area contributed by atoms with Crippen LogP contribution in [0, 0.1) is 0 Å². The second-order valence-corrected chi connectivity index (χ2v) is 4.34. The van der Waals surface area contributed by atoms with Crippen LogP contribution < -0.4 is 0 Å². The molecule has 0 N–H and O–H groups in total. The summed E-state index contributed by atoms with van der Waals surface area (Å²) in [5, 5.41) is 0. The highest BCUT2D eigenvalue weighted by molar-refractivity contribution is 5.69. The fourth-order valence-corrected chi connectivity index (χ4v) is 1.77. The topological polar surface area (TPSA) is 44.8 Å². The first-order valence-corrected chi connectivity index (χ1v) is 6.71.